The van der Waals surface area contributed by atoms with Crippen LogP contribution < -0.4 is 0 Å². The van der Waals surface area contributed by atoms with E-state index in [-0.39, 0.29) is 0 Å². The molecule has 0 aromatic rings. The van der Waals surface area contributed by atoms with Crippen molar-refractivity contribution < 1.29 is 0 Å². The molecule has 60 valence electrons. The zero-order valence-electron chi connectivity index (χ0n) is 7.27. The van der Waals surface area contributed by atoms with Crippen LogP contribution in [0.3, 0.4) is 0 Å². The Hall–Kier alpha value is -1.04. The van der Waals surface area contributed by atoms with Gasteiger partial charge in [-0.2, -0.15) is 0 Å². The van der Waals surface area contributed by atoms with Crippen molar-refractivity contribution >= 4 is 0 Å². The number of hydrogen-bond acceptors (Lipinski definition) is 0. The molecule has 0 fully saturated rings. The van der Waals surface area contributed by atoms with Gasteiger partial charge in [0.15, 0.2) is 0 Å². The maximum atomic E-state index is 3.91. The van der Waals surface area contributed by atoms with Crippen LogP contribution in [0.4, 0.5) is 0 Å². The smallest absolute Gasteiger partial charge is 0.0242 e. The standard InChI is InChI=1S/C9H12.C2H4/c1-3-9-7-5-4-6-8(9)2;1-2/h3-4,6H,2,5,7H2,1H3;1-2H2/b9-3-;. The fraction of sp³-hybridized carbons (Fsp3) is 0.273. The first-order chi connectivity index (χ1) is 5.34. The zero-order chi connectivity index (χ0) is 8.69. The SMILES string of the molecule is C=C.C=C1C=CCC/C1=C/C. The molecular weight excluding hydrogens is 132 g/mol. The molecular formula is C11H16. The zero-order valence-corrected chi connectivity index (χ0v) is 7.27. The molecule has 1 aliphatic rings. The predicted octanol–water partition coefficient (Wildman–Crippen LogP) is 3.64. The summed E-state index contributed by atoms with van der Waals surface area (Å²) < 4.78 is 0. The summed E-state index contributed by atoms with van der Waals surface area (Å²) in [4.78, 5) is 0. The van der Waals surface area contributed by atoms with Crippen LogP contribution in [-0.2, 0) is 0 Å². The van der Waals surface area contributed by atoms with Crippen molar-refractivity contribution in [2.24, 2.45) is 0 Å². The summed E-state index contributed by atoms with van der Waals surface area (Å²) in [5, 5.41) is 0. The van der Waals surface area contributed by atoms with Crippen molar-refractivity contribution in [1.82, 2.24) is 0 Å². The molecule has 1 rings (SSSR count). The monoisotopic (exact) mass is 148 g/mol. The third kappa shape index (κ3) is 3.03. The summed E-state index contributed by atoms with van der Waals surface area (Å²) in [6.45, 7) is 12.0. The fourth-order valence-corrected chi connectivity index (χ4v) is 1.06. The Balaban J connectivity index is 0.000000461. The van der Waals surface area contributed by atoms with E-state index in [0.717, 1.165) is 0 Å². The molecule has 0 heterocycles. The van der Waals surface area contributed by atoms with E-state index in [1.165, 1.54) is 24.0 Å². The van der Waals surface area contributed by atoms with Crippen LogP contribution in [0.15, 0.2) is 49.1 Å². The minimum atomic E-state index is 1.17. The first-order valence-electron chi connectivity index (χ1n) is 3.85. The molecule has 0 atom stereocenters. The quantitative estimate of drug-likeness (QED) is 0.460. The van der Waals surface area contributed by atoms with Crippen LogP contribution in [0.25, 0.3) is 0 Å². The van der Waals surface area contributed by atoms with Gasteiger partial charge in [-0.05, 0) is 30.9 Å². The lowest BCUT2D eigenvalue weighted by Crippen LogP contribution is -1.89. The van der Waals surface area contributed by atoms with Crippen LogP contribution >= 0.6 is 0 Å². The molecule has 0 aliphatic heterocycles. The second-order valence-corrected chi connectivity index (χ2v) is 2.28. The molecule has 0 amide bonds. The lowest BCUT2D eigenvalue weighted by Gasteiger charge is -2.09. The number of allylic oxidation sites excluding steroid dienone is 5. The average molecular weight is 148 g/mol. The van der Waals surface area contributed by atoms with E-state index in [1.807, 2.05) is 0 Å². The van der Waals surface area contributed by atoms with Gasteiger partial charge >= 0.3 is 0 Å². The highest BCUT2D eigenvalue weighted by molar-refractivity contribution is 5.39. The molecule has 1 aliphatic carbocycles. The van der Waals surface area contributed by atoms with Crippen molar-refractivity contribution in [1.29, 1.82) is 0 Å². The van der Waals surface area contributed by atoms with Gasteiger partial charge in [0.1, 0.15) is 0 Å². The van der Waals surface area contributed by atoms with Gasteiger partial charge in [0.2, 0.25) is 0 Å². The van der Waals surface area contributed by atoms with Crippen LogP contribution in [-0.4, -0.2) is 0 Å². The lowest BCUT2D eigenvalue weighted by atomic mass is 9.97. The summed E-state index contributed by atoms with van der Waals surface area (Å²) in [5.41, 5.74) is 2.58. The van der Waals surface area contributed by atoms with E-state index in [1.54, 1.807) is 0 Å². The lowest BCUT2D eigenvalue weighted by molar-refractivity contribution is 0.966. The molecule has 0 radical (unpaired) electrons. The van der Waals surface area contributed by atoms with E-state index in [2.05, 4.69) is 44.9 Å². The third-order valence-electron chi connectivity index (χ3n) is 1.66. The average Bonchev–Trinajstić information content (AvgIpc) is 2.09. The van der Waals surface area contributed by atoms with E-state index >= 15 is 0 Å². The second-order valence-electron chi connectivity index (χ2n) is 2.28. The van der Waals surface area contributed by atoms with Crippen molar-refractivity contribution in [3.63, 3.8) is 0 Å². The fourth-order valence-electron chi connectivity index (χ4n) is 1.06. The van der Waals surface area contributed by atoms with E-state index in [9.17, 15) is 0 Å². The van der Waals surface area contributed by atoms with Crippen molar-refractivity contribution in [3.05, 3.63) is 49.1 Å². The molecule has 0 saturated heterocycles. The highest BCUT2D eigenvalue weighted by atomic mass is 14.1. The van der Waals surface area contributed by atoms with Gasteiger partial charge in [0.25, 0.3) is 0 Å². The summed E-state index contributed by atoms with van der Waals surface area (Å²) >= 11 is 0. The van der Waals surface area contributed by atoms with Gasteiger partial charge in [0.05, 0.1) is 0 Å². The van der Waals surface area contributed by atoms with Crippen molar-refractivity contribution in [3.8, 4) is 0 Å². The van der Waals surface area contributed by atoms with Crippen LogP contribution in [0.2, 0.25) is 0 Å². The first-order valence-corrected chi connectivity index (χ1v) is 3.85. The largest absolute Gasteiger partial charge is 0.106 e. The Morgan fingerprint density at radius 1 is 1.45 bits per heavy atom. The maximum Gasteiger partial charge on any atom is -0.0242 e. The summed E-state index contributed by atoms with van der Waals surface area (Å²) in [6, 6.07) is 0. The van der Waals surface area contributed by atoms with Crippen molar-refractivity contribution in [2.75, 3.05) is 0 Å². The Labute approximate surface area is 69.6 Å². The van der Waals surface area contributed by atoms with Gasteiger partial charge in [-0.25, -0.2) is 0 Å². The maximum absolute atomic E-state index is 3.91. The second kappa shape index (κ2) is 5.72. The number of hydrogen-bond donors (Lipinski definition) is 0. The normalized spacial score (nSPS) is 19.4. The predicted molar refractivity (Wildman–Crippen MR) is 52.5 cm³/mol. The summed E-state index contributed by atoms with van der Waals surface area (Å²) in [7, 11) is 0. The van der Waals surface area contributed by atoms with Gasteiger partial charge in [-0.1, -0.05) is 24.8 Å². The topological polar surface area (TPSA) is 0 Å². The molecule has 0 spiro atoms. The summed E-state index contributed by atoms with van der Waals surface area (Å²) in [5.74, 6) is 0. The van der Waals surface area contributed by atoms with Crippen molar-refractivity contribution in [2.45, 2.75) is 19.8 Å². The van der Waals surface area contributed by atoms with Crippen LogP contribution in [0.1, 0.15) is 19.8 Å². The molecule has 0 aromatic carbocycles. The Bertz CT molecular complexity index is 182. The van der Waals surface area contributed by atoms with Gasteiger partial charge in [-0.3, -0.25) is 0 Å². The Kier molecular flexibility index (Phi) is 5.18. The van der Waals surface area contributed by atoms with E-state index in [0.29, 0.717) is 0 Å². The molecule has 0 unspecified atom stereocenters. The van der Waals surface area contributed by atoms with Gasteiger partial charge in [0, 0.05) is 0 Å². The van der Waals surface area contributed by atoms with E-state index in [4.69, 9.17) is 0 Å². The molecule has 0 nitrogen and oxygen atoms in total. The van der Waals surface area contributed by atoms with Crippen LogP contribution in [0.5, 0.6) is 0 Å². The minimum absolute atomic E-state index is 1.17. The van der Waals surface area contributed by atoms with Gasteiger partial charge < -0.3 is 0 Å². The van der Waals surface area contributed by atoms with E-state index < -0.39 is 0 Å². The molecule has 0 saturated carbocycles. The first kappa shape index (κ1) is 9.96. The highest BCUT2D eigenvalue weighted by Crippen LogP contribution is 2.20. The third-order valence-corrected chi connectivity index (χ3v) is 1.66. The Morgan fingerprint density at radius 2 is 2.09 bits per heavy atom. The Morgan fingerprint density at radius 3 is 2.45 bits per heavy atom. The minimum Gasteiger partial charge on any atom is -0.106 e. The molecule has 0 N–H and O–H groups in total. The molecule has 0 heteroatoms. The summed E-state index contributed by atoms with van der Waals surface area (Å²) in [6.07, 6.45) is 8.77. The highest BCUT2D eigenvalue weighted by Gasteiger charge is 2.00. The molecule has 0 aromatic heterocycles. The molecule has 11 heavy (non-hydrogen) atoms. The molecule has 0 bridgehead atoms. The number of rotatable bonds is 0. The van der Waals surface area contributed by atoms with Gasteiger partial charge in [-0.15, -0.1) is 13.2 Å². The van der Waals surface area contributed by atoms with Crippen LogP contribution in [0, 0.1) is 0 Å².